The SMILES string of the molecule is O=C(NC1CCOc2ccccc21)C1CC2C=CC1C21CC1. The number of ether oxygens (including phenoxy) is 1. The number of carbonyl (C=O) groups is 1. The summed E-state index contributed by atoms with van der Waals surface area (Å²) in [6.07, 6.45) is 9.25. The van der Waals surface area contributed by atoms with Crippen molar-refractivity contribution in [3.05, 3.63) is 42.0 Å². The molecule has 4 atom stereocenters. The first-order chi connectivity index (χ1) is 10.8. The Balaban J connectivity index is 1.35. The van der Waals surface area contributed by atoms with Gasteiger partial charge in [0.1, 0.15) is 5.75 Å². The molecule has 2 fully saturated rings. The van der Waals surface area contributed by atoms with E-state index in [0.29, 0.717) is 23.9 Å². The van der Waals surface area contributed by atoms with Gasteiger partial charge >= 0.3 is 0 Å². The molecule has 1 N–H and O–H groups in total. The van der Waals surface area contributed by atoms with E-state index in [0.717, 1.165) is 24.2 Å². The number of rotatable bonds is 2. The second-order valence-corrected chi connectivity index (χ2v) is 7.33. The molecule has 114 valence electrons. The van der Waals surface area contributed by atoms with Crippen LogP contribution in [0, 0.1) is 23.2 Å². The van der Waals surface area contributed by atoms with E-state index in [1.54, 1.807) is 0 Å². The first-order valence-electron chi connectivity index (χ1n) is 8.48. The molecule has 3 heteroatoms. The fraction of sp³-hybridized carbons (Fsp3) is 0.526. The number of carbonyl (C=O) groups excluding carboxylic acids is 1. The van der Waals surface area contributed by atoms with Crippen molar-refractivity contribution in [3.63, 3.8) is 0 Å². The van der Waals surface area contributed by atoms with Crippen LogP contribution < -0.4 is 10.1 Å². The number of para-hydroxylation sites is 1. The van der Waals surface area contributed by atoms with Crippen LogP contribution in [0.1, 0.15) is 37.3 Å². The lowest BCUT2D eigenvalue weighted by Crippen LogP contribution is -2.38. The Hall–Kier alpha value is -1.77. The number of fused-ring (bicyclic) bond motifs is 1. The monoisotopic (exact) mass is 295 g/mol. The molecule has 2 bridgehead atoms. The summed E-state index contributed by atoms with van der Waals surface area (Å²) in [5, 5.41) is 3.31. The van der Waals surface area contributed by atoms with Crippen molar-refractivity contribution in [3.8, 4) is 5.75 Å². The van der Waals surface area contributed by atoms with Crippen LogP contribution in [0.25, 0.3) is 0 Å². The van der Waals surface area contributed by atoms with Crippen LogP contribution in [0.2, 0.25) is 0 Å². The van der Waals surface area contributed by atoms with Gasteiger partial charge in [-0.25, -0.2) is 0 Å². The van der Waals surface area contributed by atoms with Crippen LogP contribution in [0.3, 0.4) is 0 Å². The topological polar surface area (TPSA) is 38.3 Å². The molecule has 3 nitrogen and oxygen atoms in total. The zero-order valence-corrected chi connectivity index (χ0v) is 12.6. The molecule has 0 radical (unpaired) electrons. The fourth-order valence-corrected chi connectivity index (χ4v) is 5.04. The van der Waals surface area contributed by atoms with Crippen molar-refractivity contribution in [2.75, 3.05) is 6.61 Å². The van der Waals surface area contributed by atoms with Crippen molar-refractivity contribution >= 4 is 5.91 Å². The number of hydrogen-bond acceptors (Lipinski definition) is 2. The highest BCUT2D eigenvalue weighted by Crippen LogP contribution is 2.70. The maximum absolute atomic E-state index is 12.8. The summed E-state index contributed by atoms with van der Waals surface area (Å²) in [6, 6.07) is 8.18. The van der Waals surface area contributed by atoms with Gasteiger partial charge in [0.25, 0.3) is 0 Å². The third kappa shape index (κ3) is 1.65. The second-order valence-electron chi connectivity index (χ2n) is 7.33. The summed E-state index contributed by atoms with van der Waals surface area (Å²) in [7, 11) is 0. The van der Waals surface area contributed by atoms with Crippen molar-refractivity contribution in [1.82, 2.24) is 5.32 Å². The van der Waals surface area contributed by atoms with Crippen molar-refractivity contribution < 1.29 is 9.53 Å². The molecule has 2 saturated carbocycles. The Labute approximate surface area is 130 Å². The van der Waals surface area contributed by atoms with E-state index in [4.69, 9.17) is 4.74 Å². The minimum absolute atomic E-state index is 0.107. The molecule has 3 aliphatic carbocycles. The number of allylic oxidation sites excluding steroid dienone is 2. The molecular formula is C19H21NO2. The third-order valence-corrected chi connectivity index (χ3v) is 6.33. The van der Waals surface area contributed by atoms with Crippen LogP contribution in [0.5, 0.6) is 5.75 Å². The first-order valence-corrected chi connectivity index (χ1v) is 8.48. The highest BCUT2D eigenvalue weighted by atomic mass is 16.5. The molecule has 1 aromatic carbocycles. The molecule has 1 aromatic rings. The number of benzene rings is 1. The summed E-state index contributed by atoms with van der Waals surface area (Å²) in [5.41, 5.74) is 1.61. The molecule has 0 aromatic heterocycles. The Morgan fingerprint density at radius 3 is 2.91 bits per heavy atom. The van der Waals surface area contributed by atoms with E-state index in [9.17, 15) is 4.79 Å². The summed E-state index contributed by atoms with van der Waals surface area (Å²) in [6.45, 7) is 0.683. The van der Waals surface area contributed by atoms with Gasteiger partial charge in [-0.15, -0.1) is 0 Å². The van der Waals surface area contributed by atoms with Gasteiger partial charge in [-0.1, -0.05) is 30.4 Å². The fourth-order valence-electron chi connectivity index (χ4n) is 5.04. The average Bonchev–Trinajstić information content (AvgIpc) is 3.21. The maximum Gasteiger partial charge on any atom is 0.224 e. The van der Waals surface area contributed by atoms with Gasteiger partial charge in [0.05, 0.1) is 12.6 Å². The Morgan fingerprint density at radius 2 is 2.09 bits per heavy atom. The van der Waals surface area contributed by atoms with E-state index in [1.807, 2.05) is 18.2 Å². The predicted octanol–water partition coefficient (Wildman–Crippen LogP) is 3.23. The lowest BCUT2D eigenvalue weighted by Gasteiger charge is -2.29. The molecule has 4 aliphatic rings. The quantitative estimate of drug-likeness (QED) is 0.851. The smallest absolute Gasteiger partial charge is 0.224 e. The highest BCUT2D eigenvalue weighted by molar-refractivity contribution is 5.81. The van der Waals surface area contributed by atoms with E-state index in [1.165, 1.54) is 12.8 Å². The normalized spacial score (nSPS) is 36.0. The Bertz CT molecular complexity index is 661. The molecule has 0 saturated heterocycles. The molecule has 5 rings (SSSR count). The van der Waals surface area contributed by atoms with Crippen LogP contribution in [0.4, 0.5) is 0 Å². The minimum Gasteiger partial charge on any atom is -0.493 e. The number of hydrogen-bond donors (Lipinski definition) is 1. The largest absolute Gasteiger partial charge is 0.493 e. The zero-order chi connectivity index (χ0) is 14.7. The van der Waals surface area contributed by atoms with Gasteiger partial charge in [-0.3, -0.25) is 4.79 Å². The first kappa shape index (κ1) is 12.7. The van der Waals surface area contributed by atoms with Gasteiger partial charge in [-0.2, -0.15) is 0 Å². The second kappa shape index (κ2) is 4.37. The van der Waals surface area contributed by atoms with Gasteiger partial charge in [0.15, 0.2) is 0 Å². The minimum atomic E-state index is 0.107. The van der Waals surface area contributed by atoms with Crippen LogP contribution in [-0.4, -0.2) is 12.5 Å². The number of amides is 1. The van der Waals surface area contributed by atoms with Gasteiger partial charge in [0.2, 0.25) is 5.91 Å². The summed E-state index contributed by atoms with van der Waals surface area (Å²) in [4.78, 5) is 12.8. The van der Waals surface area contributed by atoms with E-state index in [2.05, 4.69) is 23.5 Å². The van der Waals surface area contributed by atoms with Crippen molar-refractivity contribution in [2.24, 2.45) is 23.2 Å². The molecule has 1 amide bonds. The summed E-state index contributed by atoms with van der Waals surface area (Å²) in [5.74, 6) is 2.52. The van der Waals surface area contributed by atoms with E-state index < -0.39 is 0 Å². The van der Waals surface area contributed by atoms with Gasteiger partial charge in [0, 0.05) is 17.9 Å². The third-order valence-electron chi connectivity index (χ3n) is 6.33. The molecule has 1 heterocycles. The highest BCUT2D eigenvalue weighted by Gasteiger charge is 2.64. The standard InChI is InChI=1S/C19H21NO2/c21-18(14-11-12-5-6-15(14)19(12)8-9-19)20-16-7-10-22-17-4-2-1-3-13(16)17/h1-6,12,14-16H,7-11H2,(H,20,21). The van der Waals surface area contributed by atoms with Crippen molar-refractivity contribution in [1.29, 1.82) is 0 Å². The zero-order valence-electron chi connectivity index (χ0n) is 12.6. The predicted molar refractivity (Wildman–Crippen MR) is 83.3 cm³/mol. The molecular weight excluding hydrogens is 274 g/mol. The van der Waals surface area contributed by atoms with E-state index >= 15 is 0 Å². The molecule has 4 unspecified atom stereocenters. The average molecular weight is 295 g/mol. The lowest BCUT2D eigenvalue weighted by atomic mass is 9.88. The summed E-state index contributed by atoms with van der Waals surface area (Å²) >= 11 is 0. The summed E-state index contributed by atoms with van der Waals surface area (Å²) < 4.78 is 5.69. The van der Waals surface area contributed by atoms with Gasteiger partial charge < -0.3 is 10.1 Å². The Morgan fingerprint density at radius 1 is 1.23 bits per heavy atom. The maximum atomic E-state index is 12.8. The van der Waals surface area contributed by atoms with E-state index in [-0.39, 0.29) is 17.9 Å². The lowest BCUT2D eigenvalue weighted by molar-refractivity contribution is -0.126. The molecule has 1 spiro atoms. The van der Waals surface area contributed by atoms with Crippen LogP contribution >= 0.6 is 0 Å². The van der Waals surface area contributed by atoms with Crippen LogP contribution in [0.15, 0.2) is 36.4 Å². The van der Waals surface area contributed by atoms with Crippen LogP contribution in [-0.2, 0) is 4.79 Å². The number of nitrogens with one attached hydrogen (secondary N) is 1. The van der Waals surface area contributed by atoms with Crippen molar-refractivity contribution in [2.45, 2.75) is 31.7 Å². The Kier molecular flexibility index (Phi) is 2.53. The molecule has 1 aliphatic heterocycles. The molecule has 22 heavy (non-hydrogen) atoms. The van der Waals surface area contributed by atoms with Gasteiger partial charge in [-0.05, 0) is 42.6 Å².